The lowest BCUT2D eigenvalue weighted by atomic mass is 10.1. The molecule has 0 fully saturated rings. The van der Waals surface area contributed by atoms with Gasteiger partial charge in [-0.2, -0.15) is 0 Å². The summed E-state index contributed by atoms with van der Waals surface area (Å²) < 4.78 is 17.1. The summed E-state index contributed by atoms with van der Waals surface area (Å²) in [6, 6.07) is 25.9. The van der Waals surface area contributed by atoms with Crippen molar-refractivity contribution >= 4 is 17.7 Å². The van der Waals surface area contributed by atoms with E-state index in [-0.39, 0.29) is 13.2 Å². The molecular formula is C29H28N2O6. The molecule has 8 nitrogen and oxygen atoms in total. The second kappa shape index (κ2) is 11.9. The Morgan fingerprint density at radius 3 is 2.30 bits per heavy atom. The number of carbonyl (C=O) groups excluding carboxylic acids is 1. The van der Waals surface area contributed by atoms with Crippen molar-refractivity contribution in [2.75, 3.05) is 11.5 Å². The lowest BCUT2D eigenvalue weighted by molar-refractivity contribution is -0.144. The van der Waals surface area contributed by atoms with Gasteiger partial charge in [-0.15, -0.1) is 0 Å². The molecule has 190 valence electrons. The van der Waals surface area contributed by atoms with Crippen molar-refractivity contribution in [3.63, 3.8) is 0 Å². The van der Waals surface area contributed by atoms with Gasteiger partial charge in [0.2, 0.25) is 5.89 Å². The number of hydrogen-bond donors (Lipinski definition) is 1. The molecule has 4 rings (SSSR count). The number of aromatic nitrogens is 1. The number of hydrogen-bond acceptors (Lipinski definition) is 6. The first-order valence-electron chi connectivity index (χ1n) is 12.0. The summed E-state index contributed by atoms with van der Waals surface area (Å²) in [5.74, 6) is 0.127. The third kappa shape index (κ3) is 6.35. The number of anilines is 1. The van der Waals surface area contributed by atoms with Crippen molar-refractivity contribution in [3.8, 4) is 28.3 Å². The molecule has 1 aromatic heterocycles. The van der Waals surface area contributed by atoms with E-state index in [2.05, 4.69) is 0 Å². The summed E-state index contributed by atoms with van der Waals surface area (Å²) >= 11 is 0. The van der Waals surface area contributed by atoms with Crippen LogP contribution in [0.3, 0.4) is 0 Å². The average molecular weight is 501 g/mol. The molecule has 1 amide bonds. The first-order valence-corrected chi connectivity index (χ1v) is 12.0. The normalized spacial score (nSPS) is 11.5. The van der Waals surface area contributed by atoms with Crippen LogP contribution < -0.4 is 9.64 Å². The number of rotatable bonds is 10. The highest BCUT2D eigenvalue weighted by Gasteiger charge is 2.24. The van der Waals surface area contributed by atoms with Crippen molar-refractivity contribution in [1.29, 1.82) is 0 Å². The van der Waals surface area contributed by atoms with Gasteiger partial charge in [0.15, 0.2) is 11.9 Å². The highest BCUT2D eigenvalue weighted by molar-refractivity contribution is 5.88. The van der Waals surface area contributed by atoms with E-state index in [1.807, 2.05) is 67.6 Å². The number of aliphatic carboxylic acids is 1. The van der Waals surface area contributed by atoms with Crippen LogP contribution in [-0.4, -0.2) is 34.9 Å². The fourth-order valence-corrected chi connectivity index (χ4v) is 3.65. The third-order valence-electron chi connectivity index (χ3n) is 5.49. The second-order valence-electron chi connectivity index (χ2n) is 8.31. The van der Waals surface area contributed by atoms with Gasteiger partial charge in [0, 0.05) is 17.2 Å². The smallest absolute Gasteiger partial charge is 0.414 e. The molecule has 1 atom stereocenters. The molecule has 0 bridgehead atoms. The van der Waals surface area contributed by atoms with Crippen LogP contribution in [0.4, 0.5) is 10.5 Å². The quantitative estimate of drug-likeness (QED) is 0.268. The second-order valence-corrected chi connectivity index (χ2v) is 8.31. The van der Waals surface area contributed by atoms with Gasteiger partial charge in [0.05, 0.1) is 12.3 Å². The molecule has 0 aliphatic rings. The lowest BCUT2D eigenvalue weighted by Gasteiger charge is -2.21. The van der Waals surface area contributed by atoms with Crippen molar-refractivity contribution < 1.29 is 28.6 Å². The van der Waals surface area contributed by atoms with Gasteiger partial charge in [-0.1, -0.05) is 73.7 Å². The Labute approximate surface area is 215 Å². The number of oxazole rings is 1. The van der Waals surface area contributed by atoms with E-state index in [9.17, 15) is 14.7 Å². The molecule has 0 aliphatic carbocycles. The standard InChI is InChI=1S/C29H28N2O6/c1-3-17-35-29(34)31(23-15-10-16-24(18-23)36-20(2)28(32)33)19-25-30-26(21-11-6-4-7-12-21)27(37-25)22-13-8-5-9-14-22/h4-16,18,20H,3,17,19H2,1-2H3,(H,32,33). The van der Waals surface area contributed by atoms with Crippen LogP contribution in [0.2, 0.25) is 0 Å². The van der Waals surface area contributed by atoms with Crippen LogP contribution in [0.15, 0.2) is 89.3 Å². The molecule has 0 radical (unpaired) electrons. The van der Waals surface area contributed by atoms with E-state index in [0.29, 0.717) is 35.2 Å². The van der Waals surface area contributed by atoms with Gasteiger partial charge in [0.25, 0.3) is 0 Å². The monoisotopic (exact) mass is 500 g/mol. The summed E-state index contributed by atoms with van der Waals surface area (Å²) in [4.78, 5) is 30.5. The van der Waals surface area contributed by atoms with Crippen molar-refractivity contribution in [2.45, 2.75) is 32.9 Å². The zero-order chi connectivity index (χ0) is 26.2. The maximum Gasteiger partial charge on any atom is 0.414 e. The number of ether oxygens (including phenoxy) is 2. The minimum atomic E-state index is -1.09. The van der Waals surface area contributed by atoms with Gasteiger partial charge < -0.3 is 19.0 Å². The van der Waals surface area contributed by atoms with Gasteiger partial charge in [-0.25, -0.2) is 14.6 Å². The predicted octanol–water partition coefficient (Wildman–Crippen LogP) is 6.41. The number of nitrogens with zero attached hydrogens (tertiary/aromatic N) is 2. The van der Waals surface area contributed by atoms with Crippen LogP contribution in [-0.2, 0) is 16.1 Å². The fourth-order valence-electron chi connectivity index (χ4n) is 3.65. The van der Waals surface area contributed by atoms with Gasteiger partial charge in [-0.3, -0.25) is 4.90 Å². The van der Waals surface area contributed by atoms with Crippen LogP contribution in [0.25, 0.3) is 22.6 Å². The van der Waals surface area contributed by atoms with Gasteiger partial charge in [-0.05, 0) is 25.5 Å². The van der Waals surface area contributed by atoms with E-state index in [1.165, 1.54) is 11.8 Å². The molecule has 0 saturated heterocycles. The van der Waals surface area contributed by atoms with Crippen LogP contribution in [0.1, 0.15) is 26.2 Å². The first-order chi connectivity index (χ1) is 18.0. The molecule has 0 spiro atoms. The molecule has 3 aromatic carbocycles. The average Bonchev–Trinajstić information content (AvgIpc) is 3.35. The summed E-state index contributed by atoms with van der Waals surface area (Å²) in [7, 11) is 0. The highest BCUT2D eigenvalue weighted by atomic mass is 16.6. The molecule has 0 aliphatic heterocycles. The van der Waals surface area contributed by atoms with Crippen molar-refractivity contribution in [1.82, 2.24) is 4.98 Å². The molecule has 4 aromatic rings. The molecule has 1 N–H and O–H groups in total. The van der Waals surface area contributed by atoms with Crippen LogP contribution in [0, 0.1) is 0 Å². The number of carbonyl (C=O) groups is 2. The van der Waals surface area contributed by atoms with E-state index < -0.39 is 18.2 Å². The minimum Gasteiger partial charge on any atom is -0.479 e. The summed E-state index contributed by atoms with van der Waals surface area (Å²) in [5, 5.41) is 9.19. The zero-order valence-electron chi connectivity index (χ0n) is 20.7. The summed E-state index contributed by atoms with van der Waals surface area (Å²) in [6.45, 7) is 3.59. The topological polar surface area (TPSA) is 102 Å². The van der Waals surface area contributed by atoms with E-state index in [0.717, 1.165) is 11.1 Å². The largest absolute Gasteiger partial charge is 0.479 e. The van der Waals surface area contributed by atoms with Gasteiger partial charge in [0.1, 0.15) is 18.0 Å². The molecule has 37 heavy (non-hydrogen) atoms. The maximum atomic E-state index is 13.1. The van der Waals surface area contributed by atoms with Crippen LogP contribution >= 0.6 is 0 Å². The van der Waals surface area contributed by atoms with Crippen molar-refractivity contribution in [2.24, 2.45) is 0 Å². The maximum absolute atomic E-state index is 13.1. The summed E-state index contributed by atoms with van der Waals surface area (Å²) in [6.07, 6.45) is -0.968. The van der Waals surface area contributed by atoms with Crippen LogP contribution in [0.5, 0.6) is 5.75 Å². The molecular weight excluding hydrogens is 472 g/mol. The highest BCUT2D eigenvalue weighted by Crippen LogP contribution is 2.34. The SMILES string of the molecule is CCCOC(=O)N(Cc1nc(-c2ccccc2)c(-c2ccccc2)o1)c1cccc(OC(C)C(=O)O)c1. The Morgan fingerprint density at radius 1 is 0.973 bits per heavy atom. The Bertz CT molecular complexity index is 1280. The number of benzene rings is 3. The summed E-state index contributed by atoms with van der Waals surface area (Å²) in [5.41, 5.74) is 2.86. The van der Waals surface area contributed by atoms with E-state index in [1.54, 1.807) is 24.3 Å². The minimum absolute atomic E-state index is 0.00679. The predicted molar refractivity (Wildman–Crippen MR) is 139 cm³/mol. The molecule has 1 heterocycles. The Kier molecular flexibility index (Phi) is 8.20. The van der Waals surface area contributed by atoms with Crippen molar-refractivity contribution in [3.05, 3.63) is 90.8 Å². The molecule has 1 unspecified atom stereocenters. The first kappa shape index (κ1) is 25.5. The molecule has 8 heteroatoms. The van der Waals surface area contributed by atoms with E-state index in [4.69, 9.17) is 18.9 Å². The zero-order valence-corrected chi connectivity index (χ0v) is 20.7. The Morgan fingerprint density at radius 2 is 1.65 bits per heavy atom. The number of carboxylic acid groups (broad SMARTS) is 1. The van der Waals surface area contributed by atoms with E-state index >= 15 is 0 Å². The Balaban J connectivity index is 1.71. The number of amides is 1. The fraction of sp³-hybridized carbons (Fsp3) is 0.207. The molecule has 0 saturated carbocycles. The third-order valence-corrected chi connectivity index (χ3v) is 5.49. The Hall–Kier alpha value is -4.59. The lowest BCUT2D eigenvalue weighted by Crippen LogP contribution is -2.31. The van der Waals surface area contributed by atoms with Gasteiger partial charge >= 0.3 is 12.1 Å². The number of carboxylic acids is 1.